The second-order valence-electron chi connectivity index (χ2n) is 5.23. The van der Waals surface area contributed by atoms with E-state index in [1.165, 1.54) is 0 Å². The van der Waals surface area contributed by atoms with Gasteiger partial charge in [-0.05, 0) is 31.2 Å². The van der Waals surface area contributed by atoms with Crippen molar-refractivity contribution in [2.75, 3.05) is 13.2 Å². The van der Waals surface area contributed by atoms with E-state index in [-0.39, 0.29) is 6.61 Å². The molecule has 0 aliphatic heterocycles. The van der Waals surface area contributed by atoms with Gasteiger partial charge in [0.15, 0.2) is 18.1 Å². The van der Waals surface area contributed by atoms with Crippen molar-refractivity contribution < 1.29 is 19.0 Å². The van der Waals surface area contributed by atoms with E-state index in [9.17, 15) is 4.79 Å². The van der Waals surface area contributed by atoms with Crippen molar-refractivity contribution in [2.45, 2.75) is 6.92 Å². The van der Waals surface area contributed by atoms with Crippen molar-refractivity contribution in [1.29, 1.82) is 0 Å². The number of hydrogen-bond acceptors (Lipinski definition) is 4. The average Bonchev–Trinajstić information content (AvgIpc) is 2.64. The standard InChI is InChI=1S/C20H17ClO4/c1-2-23-18-9-5-6-10-19(18)24-13-20(22)25-17-12-11-16(21)14-7-3-4-8-15(14)17/h3-12H,2,13H2,1H3. The minimum Gasteiger partial charge on any atom is -0.490 e. The predicted molar refractivity (Wildman–Crippen MR) is 97.7 cm³/mol. The largest absolute Gasteiger partial charge is 0.490 e. The second-order valence-corrected chi connectivity index (χ2v) is 5.64. The van der Waals surface area contributed by atoms with Crippen molar-refractivity contribution in [3.63, 3.8) is 0 Å². The van der Waals surface area contributed by atoms with Crippen LogP contribution in [0.2, 0.25) is 5.02 Å². The molecule has 0 aliphatic carbocycles. The second kappa shape index (κ2) is 7.90. The summed E-state index contributed by atoms with van der Waals surface area (Å²) in [7, 11) is 0. The Bertz CT molecular complexity index is 892. The number of rotatable bonds is 6. The lowest BCUT2D eigenvalue weighted by molar-refractivity contribution is -0.136. The van der Waals surface area contributed by atoms with E-state index in [0.29, 0.717) is 28.9 Å². The van der Waals surface area contributed by atoms with E-state index >= 15 is 0 Å². The summed E-state index contributed by atoms with van der Waals surface area (Å²) in [6, 6.07) is 18.1. The molecular formula is C20H17ClO4. The normalized spacial score (nSPS) is 10.5. The Balaban J connectivity index is 1.71. The molecule has 0 aromatic heterocycles. The smallest absolute Gasteiger partial charge is 0.349 e. The van der Waals surface area contributed by atoms with Gasteiger partial charge in [-0.3, -0.25) is 0 Å². The maximum absolute atomic E-state index is 12.2. The first-order chi connectivity index (χ1) is 12.2. The molecule has 128 valence electrons. The topological polar surface area (TPSA) is 44.8 Å². The molecule has 4 nitrogen and oxygen atoms in total. The zero-order valence-corrected chi connectivity index (χ0v) is 14.5. The first-order valence-electron chi connectivity index (χ1n) is 7.91. The fraction of sp³-hybridized carbons (Fsp3) is 0.150. The van der Waals surface area contributed by atoms with E-state index < -0.39 is 5.97 Å². The molecule has 0 aliphatic rings. The van der Waals surface area contributed by atoms with Crippen LogP contribution in [-0.4, -0.2) is 19.2 Å². The minimum absolute atomic E-state index is 0.221. The number of benzene rings is 3. The number of para-hydroxylation sites is 2. The van der Waals surface area contributed by atoms with Crippen molar-refractivity contribution in [1.82, 2.24) is 0 Å². The zero-order chi connectivity index (χ0) is 17.6. The number of ether oxygens (including phenoxy) is 3. The molecular weight excluding hydrogens is 340 g/mol. The van der Waals surface area contributed by atoms with Gasteiger partial charge in [0.05, 0.1) is 6.61 Å². The number of esters is 1. The summed E-state index contributed by atoms with van der Waals surface area (Å²) in [5, 5.41) is 2.22. The monoisotopic (exact) mass is 356 g/mol. The molecule has 25 heavy (non-hydrogen) atoms. The van der Waals surface area contributed by atoms with Crippen LogP contribution in [0.3, 0.4) is 0 Å². The van der Waals surface area contributed by atoms with E-state index in [4.69, 9.17) is 25.8 Å². The molecule has 0 spiro atoms. The fourth-order valence-corrected chi connectivity index (χ4v) is 2.68. The van der Waals surface area contributed by atoms with Crippen LogP contribution in [0.4, 0.5) is 0 Å². The number of carbonyl (C=O) groups is 1. The zero-order valence-electron chi connectivity index (χ0n) is 13.7. The molecule has 0 atom stereocenters. The number of fused-ring (bicyclic) bond motifs is 1. The molecule has 0 saturated carbocycles. The lowest BCUT2D eigenvalue weighted by Crippen LogP contribution is -2.18. The summed E-state index contributed by atoms with van der Waals surface area (Å²) in [4.78, 5) is 12.2. The van der Waals surface area contributed by atoms with Crippen LogP contribution in [0.15, 0.2) is 60.7 Å². The van der Waals surface area contributed by atoms with Crippen molar-refractivity contribution in [2.24, 2.45) is 0 Å². The molecule has 0 heterocycles. The fourth-order valence-electron chi connectivity index (χ4n) is 2.46. The molecule has 3 aromatic rings. The van der Waals surface area contributed by atoms with Crippen LogP contribution in [0.25, 0.3) is 10.8 Å². The van der Waals surface area contributed by atoms with Gasteiger partial charge < -0.3 is 14.2 Å². The predicted octanol–water partition coefficient (Wildman–Crippen LogP) is 4.88. The highest BCUT2D eigenvalue weighted by Crippen LogP contribution is 2.31. The van der Waals surface area contributed by atoms with E-state index in [0.717, 1.165) is 10.8 Å². The maximum Gasteiger partial charge on any atom is 0.349 e. The highest BCUT2D eigenvalue weighted by molar-refractivity contribution is 6.35. The van der Waals surface area contributed by atoms with Crippen LogP contribution in [0.1, 0.15) is 6.92 Å². The van der Waals surface area contributed by atoms with E-state index in [1.807, 2.05) is 43.3 Å². The van der Waals surface area contributed by atoms with Gasteiger partial charge in [-0.15, -0.1) is 0 Å². The molecule has 0 N–H and O–H groups in total. The lowest BCUT2D eigenvalue weighted by atomic mass is 10.1. The van der Waals surface area contributed by atoms with Gasteiger partial charge in [-0.2, -0.15) is 0 Å². The van der Waals surface area contributed by atoms with Crippen LogP contribution in [0, 0.1) is 0 Å². The Morgan fingerprint density at radius 1 is 0.840 bits per heavy atom. The summed E-state index contributed by atoms with van der Waals surface area (Å²) in [5.41, 5.74) is 0. The average molecular weight is 357 g/mol. The SMILES string of the molecule is CCOc1ccccc1OCC(=O)Oc1ccc(Cl)c2ccccc12. The summed E-state index contributed by atoms with van der Waals surface area (Å²) in [6.07, 6.45) is 0. The summed E-state index contributed by atoms with van der Waals surface area (Å²) in [5.74, 6) is 1.04. The van der Waals surface area contributed by atoms with Gasteiger partial charge in [-0.25, -0.2) is 4.79 Å². The third kappa shape index (κ3) is 4.03. The van der Waals surface area contributed by atoms with Crippen LogP contribution in [0.5, 0.6) is 17.2 Å². The van der Waals surface area contributed by atoms with Gasteiger partial charge in [0, 0.05) is 15.8 Å². The third-order valence-corrected chi connectivity index (χ3v) is 3.88. The van der Waals surface area contributed by atoms with Gasteiger partial charge >= 0.3 is 5.97 Å². The minimum atomic E-state index is -0.501. The third-order valence-electron chi connectivity index (χ3n) is 3.55. The van der Waals surface area contributed by atoms with Crippen molar-refractivity contribution in [3.8, 4) is 17.2 Å². The lowest BCUT2D eigenvalue weighted by Gasteiger charge is -2.12. The van der Waals surface area contributed by atoms with Crippen LogP contribution in [-0.2, 0) is 4.79 Å². The molecule has 3 rings (SSSR count). The van der Waals surface area contributed by atoms with Crippen LogP contribution >= 0.6 is 11.6 Å². The van der Waals surface area contributed by atoms with Crippen molar-refractivity contribution >= 4 is 28.3 Å². The Kier molecular flexibility index (Phi) is 5.41. The summed E-state index contributed by atoms with van der Waals surface area (Å²) in [6.45, 7) is 2.18. The molecule has 0 saturated heterocycles. The first kappa shape index (κ1) is 17.1. The van der Waals surface area contributed by atoms with Gasteiger partial charge in [0.1, 0.15) is 5.75 Å². The molecule has 0 fully saturated rings. The highest BCUT2D eigenvalue weighted by atomic mass is 35.5. The van der Waals surface area contributed by atoms with Gasteiger partial charge in [0.2, 0.25) is 0 Å². The number of hydrogen-bond donors (Lipinski definition) is 0. The summed E-state index contributed by atoms with van der Waals surface area (Å²) >= 11 is 6.17. The van der Waals surface area contributed by atoms with Gasteiger partial charge in [0.25, 0.3) is 0 Å². The first-order valence-corrected chi connectivity index (χ1v) is 8.29. The van der Waals surface area contributed by atoms with Gasteiger partial charge in [-0.1, -0.05) is 48.0 Å². The number of halogens is 1. The maximum atomic E-state index is 12.2. The molecule has 0 bridgehead atoms. The highest BCUT2D eigenvalue weighted by Gasteiger charge is 2.12. The summed E-state index contributed by atoms with van der Waals surface area (Å²) < 4.78 is 16.4. The molecule has 0 amide bonds. The molecule has 3 aromatic carbocycles. The molecule has 0 radical (unpaired) electrons. The van der Waals surface area contributed by atoms with Crippen LogP contribution < -0.4 is 14.2 Å². The molecule has 0 unspecified atom stereocenters. The Hall–Kier alpha value is -2.72. The Morgan fingerprint density at radius 2 is 1.48 bits per heavy atom. The van der Waals surface area contributed by atoms with E-state index in [1.54, 1.807) is 24.3 Å². The Labute approximate surface area is 150 Å². The number of carbonyl (C=O) groups excluding carboxylic acids is 1. The van der Waals surface area contributed by atoms with Crippen molar-refractivity contribution in [3.05, 3.63) is 65.7 Å². The van der Waals surface area contributed by atoms with E-state index in [2.05, 4.69) is 0 Å². The Morgan fingerprint density at radius 3 is 2.20 bits per heavy atom. The quantitative estimate of drug-likeness (QED) is 0.466. The molecule has 5 heteroatoms.